The zero-order valence-corrected chi connectivity index (χ0v) is 10.4. The predicted molar refractivity (Wildman–Crippen MR) is 61.9 cm³/mol. The van der Waals surface area contributed by atoms with Crippen molar-refractivity contribution in [2.45, 2.75) is 40.2 Å². The molecule has 94 valence electrons. The fraction of sp³-hybridized carbons (Fsp3) is 0.818. The summed E-state index contributed by atoms with van der Waals surface area (Å²) in [5.74, 6) is -1.62. The maximum absolute atomic E-state index is 11.7. The second-order valence-corrected chi connectivity index (χ2v) is 4.99. The number of hydrogen-bond acceptors (Lipinski definition) is 3. The number of carboxylic acid groups (broad SMARTS) is 1. The molecule has 1 amide bonds. The number of aliphatic carboxylic acids is 1. The molecule has 0 saturated carbocycles. The van der Waals surface area contributed by atoms with Gasteiger partial charge in [0, 0.05) is 12.5 Å². The maximum Gasteiger partial charge on any atom is 0.326 e. The molecule has 4 N–H and O–H groups in total. The minimum Gasteiger partial charge on any atom is -0.480 e. The first-order valence-electron chi connectivity index (χ1n) is 5.47. The Labute approximate surface area is 96.4 Å². The predicted octanol–water partition coefficient (Wildman–Crippen LogP) is 0.587. The summed E-state index contributed by atoms with van der Waals surface area (Å²) < 4.78 is 0. The Hall–Kier alpha value is -1.10. The lowest BCUT2D eigenvalue weighted by Crippen LogP contribution is -2.51. The van der Waals surface area contributed by atoms with E-state index in [1.165, 1.54) is 0 Å². The molecule has 0 aliphatic heterocycles. The third-order valence-corrected chi connectivity index (χ3v) is 2.55. The van der Waals surface area contributed by atoms with Gasteiger partial charge in [0.25, 0.3) is 0 Å². The number of carbonyl (C=O) groups is 2. The number of hydrogen-bond donors (Lipinski definition) is 3. The van der Waals surface area contributed by atoms with Gasteiger partial charge in [-0.05, 0) is 11.8 Å². The molecule has 0 aromatic carbocycles. The largest absolute Gasteiger partial charge is 0.480 e. The highest BCUT2D eigenvalue weighted by Gasteiger charge is 2.33. The summed E-state index contributed by atoms with van der Waals surface area (Å²) in [6, 6.07) is -0.888. The third kappa shape index (κ3) is 4.18. The van der Waals surface area contributed by atoms with E-state index in [1.54, 1.807) is 20.8 Å². The highest BCUT2D eigenvalue weighted by molar-refractivity contribution is 5.85. The fourth-order valence-corrected chi connectivity index (χ4v) is 1.37. The minimum atomic E-state index is -1.02. The standard InChI is InChI=1S/C11H22N2O3/c1-5-7(6-12)9(14)13-8(10(15)16)11(2,3)4/h7-8H,5-6,12H2,1-4H3,(H,13,14)(H,15,16). The highest BCUT2D eigenvalue weighted by atomic mass is 16.4. The van der Waals surface area contributed by atoms with Crippen LogP contribution in [0.3, 0.4) is 0 Å². The summed E-state index contributed by atoms with van der Waals surface area (Å²) in [6.07, 6.45) is 0.610. The number of nitrogens with one attached hydrogen (secondary N) is 1. The van der Waals surface area contributed by atoms with Crippen molar-refractivity contribution in [3.63, 3.8) is 0 Å². The first-order valence-corrected chi connectivity index (χ1v) is 5.47. The van der Waals surface area contributed by atoms with Gasteiger partial charge < -0.3 is 16.2 Å². The van der Waals surface area contributed by atoms with Crippen LogP contribution in [-0.2, 0) is 9.59 Å². The van der Waals surface area contributed by atoms with Crippen molar-refractivity contribution < 1.29 is 14.7 Å². The topological polar surface area (TPSA) is 92.4 Å². The van der Waals surface area contributed by atoms with Crippen LogP contribution in [0.2, 0.25) is 0 Å². The van der Waals surface area contributed by atoms with Crippen molar-refractivity contribution in [1.82, 2.24) is 5.32 Å². The SMILES string of the molecule is CCC(CN)C(=O)NC(C(=O)O)C(C)(C)C. The normalized spacial score (nSPS) is 15.3. The number of rotatable bonds is 5. The van der Waals surface area contributed by atoms with E-state index >= 15 is 0 Å². The van der Waals surface area contributed by atoms with Crippen LogP contribution in [0.25, 0.3) is 0 Å². The van der Waals surface area contributed by atoms with E-state index in [0.29, 0.717) is 6.42 Å². The smallest absolute Gasteiger partial charge is 0.326 e. The van der Waals surface area contributed by atoms with Gasteiger partial charge in [0.05, 0.1) is 0 Å². The molecule has 0 aliphatic carbocycles. The summed E-state index contributed by atoms with van der Waals surface area (Å²) in [6.45, 7) is 7.41. The van der Waals surface area contributed by atoms with Gasteiger partial charge in [0.1, 0.15) is 6.04 Å². The maximum atomic E-state index is 11.7. The summed E-state index contributed by atoms with van der Waals surface area (Å²) in [5, 5.41) is 11.6. The van der Waals surface area contributed by atoms with Crippen LogP contribution in [-0.4, -0.2) is 29.6 Å². The molecule has 0 aromatic rings. The van der Waals surface area contributed by atoms with E-state index < -0.39 is 17.4 Å². The Morgan fingerprint density at radius 1 is 1.38 bits per heavy atom. The number of nitrogens with two attached hydrogens (primary N) is 1. The van der Waals surface area contributed by atoms with Crippen molar-refractivity contribution in [3.8, 4) is 0 Å². The molecule has 2 atom stereocenters. The van der Waals surface area contributed by atoms with E-state index in [-0.39, 0.29) is 18.4 Å². The zero-order chi connectivity index (χ0) is 12.9. The Kier molecular flexibility index (Phi) is 5.44. The fourth-order valence-electron chi connectivity index (χ4n) is 1.37. The lowest BCUT2D eigenvalue weighted by atomic mass is 9.86. The first kappa shape index (κ1) is 14.9. The van der Waals surface area contributed by atoms with Crippen LogP contribution in [0.5, 0.6) is 0 Å². The summed E-state index contributed by atoms with van der Waals surface area (Å²) in [7, 11) is 0. The van der Waals surface area contributed by atoms with E-state index in [4.69, 9.17) is 10.8 Å². The molecule has 5 nitrogen and oxygen atoms in total. The van der Waals surface area contributed by atoms with E-state index in [0.717, 1.165) is 0 Å². The van der Waals surface area contributed by atoms with E-state index in [1.807, 2.05) is 6.92 Å². The van der Waals surface area contributed by atoms with Gasteiger partial charge in [-0.3, -0.25) is 4.79 Å². The van der Waals surface area contributed by atoms with Crippen molar-refractivity contribution in [1.29, 1.82) is 0 Å². The van der Waals surface area contributed by atoms with Gasteiger partial charge in [-0.1, -0.05) is 27.7 Å². The average Bonchev–Trinajstić information content (AvgIpc) is 2.13. The molecule has 0 rings (SSSR count). The molecular formula is C11H22N2O3. The molecule has 0 saturated heterocycles. The van der Waals surface area contributed by atoms with Crippen molar-refractivity contribution >= 4 is 11.9 Å². The second kappa shape index (κ2) is 5.84. The Balaban J connectivity index is 4.65. The molecule has 16 heavy (non-hydrogen) atoms. The van der Waals surface area contributed by atoms with E-state index in [9.17, 15) is 9.59 Å². The second-order valence-electron chi connectivity index (χ2n) is 4.99. The molecule has 0 spiro atoms. The Bertz CT molecular complexity index is 254. The first-order chi connectivity index (χ1) is 7.23. The molecule has 5 heteroatoms. The van der Waals surface area contributed by atoms with Crippen LogP contribution in [0.4, 0.5) is 0 Å². The molecule has 0 aliphatic rings. The van der Waals surface area contributed by atoms with Gasteiger partial charge in [0.2, 0.25) is 5.91 Å². The van der Waals surface area contributed by atoms with Crippen LogP contribution in [0, 0.1) is 11.3 Å². The number of amides is 1. The van der Waals surface area contributed by atoms with Crippen molar-refractivity contribution in [3.05, 3.63) is 0 Å². The number of carbonyl (C=O) groups excluding carboxylic acids is 1. The van der Waals surface area contributed by atoms with Crippen molar-refractivity contribution in [2.24, 2.45) is 17.1 Å². The third-order valence-electron chi connectivity index (χ3n) is 2.55. The van der Waals surface area contributed by atoms with Crippen LogP contribution in [0.15, 0.2) is 0 Å². The van der Waals surface area contributed by atoms with Gasteiger partial charge in [-0.25, -0.2) is 4.79 Å². The lowest BCUT2D eigenvalue weighted by molar-refractivity contribution is -0.145. The molecule has 0 bridgehead atoms. The Morgan fingerprint density at radius 3 is 2.12 bits per heavy atom. The quantitative estimate of drug-likeness (QED) is 0.644. The van der Waals surface area contributed by atoms with Gasteiger partial charge >= 0.3 is 5.97 Å². The highest BCUT2D eigenvalue weighted by Crippen LogP contribution is 2.20. The molecule has 0 heterocycles. The zero-order valence-electron chi connectivity index (χ0n) is 10.4. The van der Waals surface area contributed by atoms with Gasteiger partial charge in [-0.15, -0.1) is 0 Å². The Morgan fingerprint density at radius 2 is 1.88 bits per heavy atom. The lowest BCUT2D eigenvalue weighted by Gasteiger charge is -2.29. The van der Waals surface area contributed by atoms with Crippen LogP contribution >= 0.6 is 0 Å². The minimum absolute atomic E-state index is 0.235. The van der Waals surface area contributed by atoms with Crippen molar-refractivity contribution in [2.75, 3.05) is 6.54 Å². The average molecular weight is 230 g/mol. The molecule has 0 radical (unpaired) electrons. The molecule has 2 unspecified atom stereocenters. The number of carboxylic acids is 1. The summed E-state index contributed by atoms with van der Waals surface area (Å²) in [4.78, 5) is 22.7. The molecule has 0 aromatic heterocycles. The van der Waals surface area contributed by atoms with Crippen LogP contribution in [0.1, 0.15) is 34.1 Å². The summed E-state index contributed by atoms with van der Waals surface area (Å²) in [5.41, 5.74) is 4.92. The van der Waals surface area contributed by atoms with Gasteiger partial charge in [0.15, 0.2) is 0 Å². The van der Waals surface area contributed by atoms with E-state index in [2.05, 4.69) is 5.32 Å². The summed E-state index contributed by atoms with van der Waals surface area (Å²) >= 11 is 0. The molecule has 0 fully saturated rings. The van der Waals surface area contributed by atoms with Gasteiger partial charge in [-0.2, -0.15) is 0 Å². The molecular weight excluding hydrogens is 208 g/mol. The van der Waals surface area contributed by atoms with Crippen LogP contribution < -0.4 is 11.1 Å². The monoisotopic (exact) mass is 230 g/mol.